The molecule has 1 fully saturated rings. The summed E-state index contributed by atoms with van der Waals surface area (Å²) in [4.78, 5) is 33.5. The van der Waals surface area contributed by atoms with Gasteiger partial charge in [-0.1, -0.05) is 15.9 Å². The fourth-order valence-corrected chi connectivity index (χ4v) is 3.75. The highest BCUT2D eigenvalue weighted by Crippen LogP contribution is 2.38. The molecule has 0 bridgehead atoms. The lowest BCUT2D eigenvalue weighted by Gasteiger charge is -2.17. The summed E-state index contributed by atoms with van der Waals surface area (Å²) in [5, 5.41) is 8.28. The highest BCUT2D eigenvalue weighted by atomic mass is 79.9. The number of aryl methyl sites for hydroxylation is 1. The van der Waals surface area contributed by atoms with Gasteiger partial charge in [-0.15, -0.1) is 0 Å². The van der Waals surface area contributed by atoms with Crippen LogP contribution >= 0.6 is 15.9 Å². The van der Waals surface area contributed by atoms with Crippen LogP contribution in [0, 0.1) is 6.92 Å². The van der Waals surface area contributed by atoms with Crippen molar-refractivity contribution in [2.24, 2.45) is 0 Å². The fourth-order valence-electron chi connectivity index (χ4n) is 3.38. The molecule has 0 aliphatic heterocycles. The number of benzene rings is 1. The molecule has 1 saturated carbocycles. The number of carbonyl (C=O) groups excluding carboxylic acids is 2. The van der Waals surface area contributed by atoms with Crippen LogP contribution in [0.2, 0.25) is 0 Å². The number of nitrogens with zero attached hydrogens (tertiary/aromatic N) is 2. The van der Waals surface area contributed by atoms with E-state index in [9.17, 15) is 22.8 Å². The molecule has 2 aromatic heterocycles. The topological polar surface area (TPSA) is 96.0 Å². The molecule has 35 heavy (non-hydrogen) atoms. The van der Waals surface area contributed by atoms with Crippen LogP contribution in [0.4, 0.5) is 24.5 Å². The molecular formula is C24H21BrF3N5O2. The molecular weight excluding hydrogens is 527 g/mol. The first kappa shape index (κ1) is 24.6. The van der Waals surface area contributed by atoms with Gasteiger partial charge in [0, 0.05) is 16.4 Å². The summed E-state index contributed by atoms with van der Waals surface area (Å²) in [6, 6.07) is 10.4. The standard InChI is InChI=1S/C24H21BrF3N5O2/c1-14-2-3-15(11-29-14)21(34)33-23(8-9-23)22(35)31-12-17-5-6-18(13-30-17)32-20-7-4-16(25)10-19(20)24(26,27)28/h2-7,10-11,13,32H,8-9,12H2,1H3,(H,31,35)(H,33,34). The molecule has 4 rings (SSSR count). The molecule has 1 aliphatic rings. The molecule has 0 unspecified atom stereocenters. The van der Waals surface area contributed by atoms with Gasteiger partial charge in [-0.25, -0.2) is 0 Å². The Morgan fingerprint density at radius 3 is 2.43 bits per heavy atom. The summed E-state index contributed by atoms with van der Waals surface area (Å²) in [5.74, 6) is -0.690. The van der Waals surface area contributed by atoms with Crippen LogP contribution in [0.25, 0.3) is 0 Å². The van der Waals surface area contributed by atoms with Crippen LogP contribution in [0.5, 0.6) is 0 Å². The van der Waals surface area contributed by atoms with Crippen molar-refractivity contribution in [3.63, 3.8) is 0 Å². The molecule has 0 atom stereocenters. The predicted octanol–water partition coefficient (Wildman–Crippen LogP) is 4.89. The summed E-state index contributed by atoms with van der Waals surface area (Å²) in [5.41, 5.74) is 0.177. The second kappa shape index (κ2) is 9.65. The van der Waals surface area contributed by atoms with Crippen molar-refractivity contribution >= 4 is 39.1 Å². The maximum absolute atomic E-state index is 13.3. The maximum Gasteiger partial charge on any atom is 0.418 e. The highest BCUT2D eigenvalue weighted by Gasteiger charge is 2.51. The van der Waals surface area contributed by atoms with Crippen LogP contribution in [-0.4, -0.2) is 27.3 Å². The minimum atomic E-state index is -4.52. The first-order valence-electron chi connectivity index (χ1n) is 10.7. The van der Waals surface area contributed by atoms with E-state index in [-0.39, 0.29) is 24.0 Å². The van der Waals surface area contributed by atoms with Gasteiger partial charge in [0.2, 0.25) is 5.91 Å². The van der Waals surface area contributed by atoms with Crippen molar-refractivity contribution in [1.29, 1.82) is 0 Å². The van der Waals surface area contributed by atoms with E-state index < -0.39 is 17.3 Å². The molecule has 7 nitrogen and oxygen atoms in total. The number of hydrogen-bond donors (Lipinski definition) is 3. The molecule has 3 N–H and O–H groups in total. The maximum atomic E-state index is 13.3. The Labute approximate surface area is 207 Å². The quantitative estimate of drug-likeness (QED) is 0.391. The SMILES string of the molecule is Cc1ccc(C(=O)NC2(C(=O)NCc3ccc(Nc4ccc(Br)cc4C(F)(F)F)cn3)CC2)cn1. The van der Waals surface area contributed by atoms with E-state index in [1.807, 2.05) is 6.92 Å². The second-order valence-corrected chi connectivity index (χ2v) is 9.17. The first-order valence-corrected chi connectivity index (χ1v) is 11.5. The number of alkyl halides is 3. The molecule has 2 amide bonds. The van der Waals surface area contributed by atoms with Crippen molar-refractivity contribution in [3.05, 3.63) is 81.8 Å². The lowest BCUT2D eigenvalue weighted by molar-refractivity contribution is -0.137. The zero-order chi connectivity index (χ0) is 25.2. The zero-order valence-corrected chi connectivity index (χ0v) is 20.1. The number of aromatic nitrogens is 2. The van der Waals surface area contributed by atoms with Crippen LogP contribution in [0.3, 0.4) is 0 Å². The van der Waals surface area contributed by atoms with E-state index in [4.69, 9.17) is 0 Å². The van der Waals surface area contributed by atoms with Crippen LogP contribution in [0.1, 0.15) is 40.2 Å². The molecule has 3 aromatic rings. The Hall–Kier alpha value is -3.47. The number of halogens is 4. The second-order valence-electron chi connectivity index (χ2n) is 8.26. The van der Waals surface area contributed by atoms with Crippen molar-refractivity contribution in [2.75, 3.05) is 5.32 Å². The van der Waals surface area contributed by atoms with Gasteiger partial charge >= 0.3 is 6.18 Å². The van der Waals surface area contributed by atoms with Crippen molar-refractivity contribution in [1.82, 2.24) is 20.6 Å². The van der Waals surface area contributed by atoms with E-state index >= 15 is 0 Å². The number of hydrogen-bond acceptors (Lipinski definition) is 5. The highest BCUT2D eigenvalue weighted by molar-refractivity contribution is 9.10. The summed E-state index contributed by atoms with van der Waals surface area (Å²) in [6.45, 7) is 1.92. The van der Waals surface area contributed by atoms with Gasteiger partial charge in [0.25, 0.3) is 5.91 Å². The molecule has 0 spiro atoms. The fraction of sp³-hybridized carbons (Fsp3) is 0.250. The molecule has 182 valence electrons. The zero-order valence-electron chi connectivity index (χ0n) is 18.5. The largest absolute Gasteiger partial charge is 0.418 e. The average Bonchev–Trinajstić information content (AvgIpc) is 3.60. The Balaban J connectivity index is 1.34. The smallest absolute Gasteiger partial charge is 0.354 e. The Bertz CT molecular complexity index is 1240. The van der Waals surface area contributed by atoms with Gasteiger partial charge in [-0.3, -0.25) is 19.6 Å². The van der Waals surface area contributed by atoms with Crippen LogP contribution in [0.15, 0.2) is 59.3 Å². The number of nitrogens with one attached hydrogen (secondary N) is 3. The lowest BCUT2D eigenvalue weighted by Crippen LogP contribution is -2.48. The number of amides is 2. The Morgan fingerprint density at radius 2 is 1.83 bits per heavy atom. The van der Waals surface area contributed by atoms with Gasteiger partial charge < -0.3 is 16.0 Å². The average molecular weight is 548 g/mol. The third-order valence-corrected chi connectivity index (χ3v) is 6.03. The molecule has 1 aliphatic carbocycles. The molecule has 2 heterocycles. The summed E-state index contributed by atoms with van der Waals surface area (Å²) >= 11 is 3.06. The van der Waals surface area contributed by atoms with Crippen molar-refractivity contribution in [3.8, 4) is 0 Å². The Kier molecular flexibility index (Phi) is 6.79. The molecule has 1 aromatic carbocycles. The number of anilines is 2. The Morgan fingerprint density at radius 1 is 1.06 bits per heavy atom. The monoisotopic (exact) mass is 547 g/mol. The molecule has 0 saturated heterocycles. The minimum absolute atomic E-state index is 0.0984. The van der Waals surface area contributed by atoms with E-state index in [2.05, 4.69) is 41.8 Å². The first-order chi connectivity index (χ1) is 16.6. The van der Waals surface area contributed by atoms with Crippen LogP contribution < -0.4 is 16.0 Å². The van der Waals surface area contributed by atoms with E-state index in [1.54, 1.807) is 24.3 Å². The number of pyridine rings is 2. The summed E-state index contributed by atoms with van der Waals surface area (Å²) in [6.07, 6.45) is -0.621. The summed E-state index contributed by atoms with van der Waals surface area (Å²) in [7, 11) is 0. The van der Waals surface area contributed by atoms with Gasteiger partial charge in [0.15, 0.2) is 0 Å². The normalized spacial score (nSPS) is 14.2. The van der Waals surface area contributed by atoms with Crippen molar-refractivity contribution < 1.29 is 22.8 Å². The number of carbonyl (C=O) groups is 2. The predicted molar refractivity (Wildman–Crippen MR) is 127 cm³/mol. The number of rotatable bonds is 7. The third kappa shape index (κ3) is 5.97. The molecule has 11 heteroatoms. The van der Waals surface area contributed by atoms with Gasteiger partial charge in [0.05, 0.1) is 40.9 Å². The van der Waals surface area contributed by atoms with Gasteiger partial charge in [-0.2, -0.15) is 13.2 Å². The van der Waals surface area contributed by atoms with Gasteiger partial charge in [-0.05, 0) is 62.2 Å². The lowest BCUT2D eigenvalue weighted by atomic mass is 10.1. The minimum Gasteiger partial charge on any atom is -0.354 e. The third-order valence-electron chi connectivity index (χ3n) is 5.53. The van der Waals surface area contributed by atoms with E-state index in [0.717, 1.165) is 11.8 Å². The van der Waals surface area contributed by atoms with E-state index in [0.29, 0.717) is 34.3 Å². The van der Waals surface area contributed by atoms with Crippen LogP contribution in [-0.2, 0) is 17.5 Å². The summed E-state index contributed by atoms with van der Waals surface area (Å²) < 4.78 is 40.3. The van der Waals surface area contributed by atoms with Gasteiger partial charge in [0.1, 0.15) is 5.54 Å². The van der Waals surface area contributed by atoms with E-state index in [1.165, 1.54) is 24.5 Å². The molecule has 0 radical (unpaired) electrons. The van der Waals surface area contributed by atoms with Crippen molar-refractivity contribution in [2.45, 2.75) is 38.0 Å².